The van der Waals surface area contributed by atoms with Crippen molar-refractivity contribution >= 4 is 11.6 Å². The van der Waals surface area contributed by atoms with Crippen molar-refractivity contribution in [2.75, 3.05) is 31.9 Å². The molecule has 114 valence electrons. The molecule has 1 aromatic carbocycles. The predicted octanol–water partition coefficient (Wildman–Crippen LogP) is 1.86. The van der Waals surface area contributed by atoms with Crippen LogP contribution in [0.5, 0.6) is 0 Å². The van der Waals surface area contributed by atoms with Crippen LogP contribution < -0.4 is 5.73 Å². The summed E-state index contributed by atoms with van der Waals surface area (Å²) in [5, 5.41) is 0. The number of anilines is 1. The van der Waals surface area contributed by atoms with Gasteiger partial charge in [0.05, 0.1) is 5.69 Å². The molecular formula is C15H19F2N3O. The molecule has 2 N–H and O–H groups in total. The normalized spacial score (nSPS) is 23.0. The minimum Gasteiger partial charge on any atom is -0.396 e. The van der Waals surface area contributed by atoms with Crippen LogP contribution in [0.2, 0.25) is 0 Å². The molecule has 2 aliphatic heterocycles. The summed E-state index contributed by atoms with van der Waals surface area (Å²) in [6, 6.07) is 2.49. The van der Waals surface area contributed by atoms with Gasteiger partial charge in [0.2, 0.25) is 0 Å². The molecule has 1 unspecified atom stereocenters. The van der Waals surface area contributed by atoms with E-state index in [9.17, 15) is 13.6 Å². The van der Waals surface area contributed by atoms with Crippen LogP contribution in [-0.2, 0) is 0 Å². The van der Waals surface area contributed by atoms with Gasteiger partial charge in [0.1, 0.15) is 11.4 Å². The van der Waals surface area contributed by atoms with Crippen LogP contribution in [0.15, 0.2) is 12.1 Å². The molecule has 2 saturated heterocycles. The van der Waals surface area contributed by atoms with Crippen molar-refractivity contribution in [3.8, 4) is 0 Å². The highest BCUT2D eigenvalue weighted by molar-refractivity contribution is 5.95. The number of nitrogen functional groups attached to an aromatic ring is 1. The summed E-state index contributed by atoms with van der Waals surface area (Å²) in [5.41, 5.74) is 4.72. The molecule has 21 heavy (non-hydrogen) atoms. The molecule has 1 aromatic rings. The van der Waals surface area contributed by atoms with Crippen molar-refractivity contribution < 1.29 is 13.6 Å². The maximum absolute atomic E-state index is 14.0. The fraction of sp³-hybridized carbons (Fsp3) is 0.533. The Bertz CT molecular complexity index is 564. The van der Waals surface area contributed by atoms with Crippen molar-refractivity contribution in [3.05, 3.63) is 29.3 Å². The lowest BCUT2D eigenvalue weighted by Gasteiger charge is -2.44. The zero-order valence-corrected chi connectivity index (χ0v) is 11.8. The summed E-state index contributed by atoms with van der Waals surface area (Å²) in [4.78, 5) is 16.3. The number of carbonyl (C=O) groups excluding carboxylic acids is 1. The largest absolute Gasteiger partial charge is 0.396 e. The molecule has 2 fully saturated rings. The standard InChI is InChI=1S/C15H19F2N3O/c16-11-4-5-12(18)14(17)13(11)15(21)20-8-7-19-6-2-1-3-10(19)9-20/h4-5,10H,1-3,6-9,18H2. The molecule has 0 bridgehead atoms. The van der Waals surface area contributed by atoms with Crippen molar-refractivity contribution in [1.29, 1.82) is 0 Å². The average Bonchev–Trinajstić information content (AvgIpc) is 2.51. The molecule has 4 nitrogen and oxygen atoms in total. The number of rotatable bonds is 1. The second-order valence-electron chi connectivity index (χ2n) is 5.76. The van der Waals surface area contributed by atoms with Gasteiger partial charge in [0.25, 0.3) is 5.91 Å². The fourth-order valence-corrected chi connectivity index (χ4v) is 3.26. The van der Waals surface area contributed by atoms with E-state index in [4.69, 9.17) is 5.73 Å². The Labute approximate surface area is 122 Å². The Kier molecular flexibility index (Phi) is 3.80. The number of hydrogen-bond acceptors (Lipinski definition) is 3. The third-order valence-corrected chi connectivity index (χ3v) is 4.46. The van der Waals surface area contributed by atoms with E-state index < -0.39 is 23.1 Å². The zero-order chi connectivity index (χ0) is 15.0. The Morgan fingerprint density at radius 1 is 1.19 bits per heavy atom. The van der Waals surface area contributed by atoms with E-state index in [2.05, 4.69) is 4.90 Å². The number of nitrogens with zero attached hydrogens (tertiary/aromatic N) is 2. The molecule has 6 heteroatoms. The maximum Gasteiger partial charge on any atom is 0.260 e. The number of piperidine rings is 1. The van der Waals surface area contributed by atoms with E-state index in [1.54, 1.807) is 4.90 Å². The van der Waals surface area contributed by atoms with Crippen molar-refractivity contribution in [2.24, 2.45) is 0 Å². The summed E-state index contributed by atoms with van der Waals surface area (Å²) in [6.45, 7) is 2.85. The topological polar surface area (TPSA) is 49.6 Å². The third kappa shape index (κ3) is 2.60. The molecule has 0 radical (unpaired) electrons. The molecule has 1 atom stereocenters. The van der Waals surface area contributed by atoms with Crippen LogP contribution in [0.25, 0.3) is 0 Å². The summed E-state index contributed by atoms with van der Waals surface area (Å²) >= 11 is 0. The lowest BCUT2D eigenvalue weighted by atomic mass is 9.99. The summed E-state index contributed by atoms with van der Waals surface area (Å²) in [5.74, 6) is -2.40. The minimum atomic E-state index is -0.953. The SMILES string of the molecule is Nc1ccc(F)c(C(=O)N2CCN3CCCCC3C2)c1F. The number of hydrogen-bond donors (Lipinski definition) is 1. The molecular weight excluding hydrogens is 276 g/mol. The lowest BCUT2D eigenvalue weighted by molar-refractivity contribution is 0.0366. The highest BCUT2D eigenvalue weighted by atomic mass is 19.1. The van der Waals surface area contributed by atoms with Crippen LogP contribution in [0.1, 0.15) is 29.6 Å². The van der Waals surface area contributed by atoms with Crippen molar-refractivity contribution in [2.45, 2.75) is 25.3 Å². The number of carbonyl (C=O) groups is 1. The van der Waals surface area contributed by atoms with E-state index in [0.717, 1.165) is 38.1 Å². The van der Waals surface area contributed by atoms with E-state index >= 15 is 0 Å². The van der Waals surface area contributed by atoms with Gasteiger partial charge in [-0.05, 0) is 31.5 Å². The first kappa shape index (κ1) is 14.3. The minimum absolute atomic E-state index is 0.198. The first-order valence-corrected chi connectivity index (χ1v) is 7.34. The van der Waals surface area contributed by atoms with Gasteiger partial charge in [-0.15, -0.1) is 0 Å². The molecule has 1 amide bonds. The van der Waals surface area contributed by atoms with Crippen LogP contribution in [0.3, 0.4) is 0 Å². The number of benzene rings is 1. The number of fused-ring (bicyclic) bond motifs is 1. The molecule has 2 aliphatic rings. The van der Waals surface area contributed by atoms with Gasteiger partial charge in [-0.1, -0.05) is 6.42 Å². The van der Waals surface area contributed by atoms with Gasteiger partial charge < -0.3 is 10.6 Å². The average molecular weight is 295 g/mol. The van der Waals surface area contributed by atoms with E-state index in [-0.39, 0.29) is 5.69 Å². The molecule has 2 heterocycles. The Hall–Kier alpha value is -1.69. The molecule has 0 aliphatic carbocycles. The molecule has 3 rings (SSSR count). The van der Waals surface area contributed by atoms with Gasteiger partial charge >= 0.3 is 0 Å². The van der Waals surface area contributed by atoms with Gasteiger partial charge in [-0.25, -0.2) is 8.78 Å². The lowest BCUT2D eigenvalue weighted by Crippen LogP contribution is -2.56. The van der Waals surface area contributed by atoms with E-state index in [0.29, 0.717) is 19.1 Å². The fourth-order valence-electron chi connectivity index (χ4n) is 3.26. The van der Waals surface area contributed by atoms with Gasteiger partial charge in [-0.2, -0.15) is 0 Å². The number of nitrogens with two attached hydrogens (primary N) is 1. The van der Waals surface area contributed by atoms with Crippen LogP contribution in [-0.4, -0.2) is 47.9 Å². The first-order chi connectivity index (χ1) is 10.1. The third-order valence-electron chi connectivity index (χ3n) is 4.46. The monoisotopic (exact) mass is 295 g/mol. The zero-order valence-electron chi connectivity index (χ0n) is 11.8. The number of piperazine rings is 1. The number of halogens is 2. The molecule has 0 aromatic heterocycles. The van der Waals surface area contributed by atoms with Crippen LogP contribution in [0, 0.1) is 11.6 Å². The van der Waals surface area contributed by atoms with Gasteiger partial charge in [0, 0.05) is 25.7 Å². The second-order valence-corrected chi connectivity index (χ2v) is 5.76. The van der Waals surface area contributed by atoms with Crippen molar-refractivity contribution in [3.63, 3.8) is 0 Å². The van der Waals surface area contributed by atoms with Crippen molar-refractivity contribution in [1.82, 2.24) is 9.80 Å². The maximum atomic E-state index is 14.0. The van der Waals surface area contributed by atoms with E-state index in [1.165, 1.54) is 6.42 Å². The Morgan fingerprint density at radius 3 is 2.81 bits per heavy atom. The quantitative estimate of drug-likeness (QED) is 0.805. The number of amides is 1. The highest BCUT2D eigenvalue weighted by Gasteiger charge is 2.33. The predicted molar refractivity (Wildman–Crippen MR) is 75.9 cm³/mol. The smallest absolute Gasteiger partial charge is 0.260 e. The summed E-state index contributed by atoms with van der Waals surface area (Å²) in [6.07, 6.45) is 3.36. The van der Waals surface area contributed by atoms with Crippen LogP contribution >= 0.6 is 0 Å². The molecule has 0 saturated carbocycles. The Balaban J connectivity index is 1.81. The summed E-state index contributed by atoms with van der Waals surface area (Å²) in [7, 11) is 0. The van der Waals surface area contributed by atoms with Gasteiger partial charge in [-0.3, -0.25) is 9.69 Å². The van der Waals surface area contributed by atoms with Crippen LogP contribution in [0.4, 0.5) is 14.5 Å². The second kappa shape index (κ2) is 5.60. The first-order valence-electron chi connectivity index (χ1n) is 7.34. The Morgan fingerprint density at radius 2 is 2.00 bits per heavy atom. The van der Waals surface area contributed by atoms with E-state index in [1.807, 2.05) is 0 Å². The van der Waals surface area contributed by atoms with Gasteiger partial charge in [0.15, 0.2) is 5.82 Å². The summed E-state index contributed by atoms with van der Waals surface area (Å²) < 4.78 is 27.8. The molecule has 0 spiro atoms. The highest BCUT2D eigenvalue weighted by Crippen LogP contribution is 2.25.